The van der Waals surface area contributed by atoms with Crippen molar-refractivity contribution in [3.05, 3.63) is 53.2 Å². The molecule has 27 heavy (non-hydrogen) atoms. The molecule has 8 heteroatoms. The highest BCUT2D eigenvalue weighted by Gasteiger charge is 2.21. The Morgan fingerprint density at radius 3 is 2.70 bits per heavy atom. The molecule has 1 atom stereocenters. The molecular weight excluding hydrogens is 382 g/mol. The maximum absolute atomic E-state index is 12.5. The number of nitrogens with zero attached hydrogens (tertiary/aromatic N) is 4. The predicted octanol–water partition coefficient (Wildman–Crippen LogP) is 4.44. The fraction of sp³-hybridized carbons (Fsp3) is 0.263. The molecule has 0 radical (unpaired) electrons. The smallest absolute Gasteiger partial charge is 0.238 e. The van der Waals surface area contributed by atoms with E-state index in [1.165, 1.54) is 18.0 Å². The molecule has 1 N–H and O–H groups in total. The van der Waals surface area contributed by atoms with E-state index in [1.54, 1.807) is 12.1 Å². The van der Waals surface area contributed by atoms with E-state index >= 15 is 0 Å². The zero-order valence-electron chi connectivity index (χ0n) is 15.3. The highest BCUT2D eigenvalue weighted by atomic mass is 35.5. The number of rotatable bonds is 6. The number of aromatic nitrogens is 4. The second kappa shape index (κ2) is 8.54. The number of anilines is 1. The van der Waals surface area contributed by atoms with Gasteiger partial charge < -0.3 is 9.88 Å². The summed E-state index contributed by atoms with van der Waals surface area (Å²) in [7, 11) is 0. The van der Waals surface area contributed by atoms with E-state index in [0.717, 1.165) is 17.0 Å². The number of carbonyl (C=O) groups is 1. The lowest BCUT2D eigenvalue weighted by atomic mass is 10.1. The van der Waals surface area contributed by atoms with Gasteiger partial charge in [-0.2, -0.15) is 0 Å². The largest absolute Gasteiger partial charge is 0.310 e. The highest BCUT2D eigenvalue weighted by Crippen LogP contribution is 2.28. The van der Waals surface area contributed by atoms with Crippen molar-refractivity contribution >= 4 is 35.1 Å². The number of hydrogen-bond donors (Lipinski definition) is 1. The maximum atomic E-state index is 12.5. The summed E-state index contributed by atoms with van der Waals surface area (Å²) >= 11 is 7.19. The lowest BCUT2D eigenvalue weighted by Gasteiger charge is -2.13. The lowest BCUT2D eigenvalue weighted by Crippen LogP contribution is -2.23. The first-order chi connectivity index (χ1) is 13.0. The molecule has 0 bridgehead atoms. The van der Waals surface area contributed by atoms with E-state index in [0.29, 0.717) is 22.5 Å². The summed E-state index contributed by atoms with van der Waals surface area (Å²) < 4.78 is 2.03. The molecule has 6 nitrogen and oxygen atoms in total. The van der Waals surface area contributed by atoms with Crippen molar-refractivity contribution in [2.45, 2.75) is 37.7 Å². The molecule has 140 valence electrons. The lowest BCUT2D eigenvalue weighted by molar-refractivity contribution is -0.115. The molecule has 3 aromatic rings. The summed E-state index contributed by atoms with van der Waals surface area (Å²) in [5, 5.41) is 12.3. The number of benzene rings is 1. The first kappa shape index (κ1) is 19.4. The molecule has 2 aromatic heterocycles. The van der Waals surface area contributed by atoms with Crippen LogP contribution < -0.4 is 5.32 Å². The van der Waals surface area contributed by atoms with Gasteiger partial charge in [-0.1, -0.05) is 47.6 Å². The van der Waals surface area contributed by atoms with Gasteiger partial charge in [0.2, 0.25) is 5.91 Å². The second-order valence-corrected chi connectivity index (χ2v) is 7.72. The quantitative estimate of drug-likeness (QED) is 0.618. The molecule has 0 saturated carbocycles. The zero-order valence-corrected chi connectivity index (χ0v) is 16.9. The van der Waals surface area contributed by atoms with Crippen molar-refractivity contribution in [1.29, 1.82) is 0 Å². The summed E-state index contributed by atoms with van der Waals surface area (Å²) in [5.41, 5.74) is 2.18. The van der Waals surface area contributed by atoms with Crippen LogP contribution in [-0.2, 0) is 11.3 Å². The molecular formula is C19H20ClN5OS. The van der Waals surface area contributed by atoms with Crippen LogP contribution in [0.2, 0.25) is 5.02 Å². The third-order valence-electron chi connectivity index (χ3n) is 4.05. The van der Waals surface area contributed by atoms with Crippen molar-refractivity contribution in [3.63, 3.8) is 0 Å². The minimum Gasteiger partial charge on any atom is -0.310 e. The minimum atomic E-state index is -0.360. The van der Waals surface area contributed by atoms with Gasteiger partial charge in [-0.3, -0.25) is 4.79 Å². The first-order valence-electron chi connectivity index (χ1n) is 8.58. The molecule has 0 fully saturated rings. The van der Waals surface area contributed by atoms with E-state index < -0.39 is 0 Å². The topological polar surface area (TPSA) is 72.7 Å². The zero-order chi connectivity index (χ0) is 19.4. The molecule has 0 aliphatic carbocycles. The number of carbonyl (C=O) groups excluding carboxylic acids is 1. The summed E-state index contributed by atoms with van der Waals surface area (Å²) in [6.45, 7) is 6.63. The number of hydrogen-bond acceptors (Lipinski definition) is 5. The van der Waals surface area contributed by atoms with Gasteiger partial charge in [0.1, 0.15) is 5.82 Å². The molecule has 3 rings (SSSR count). The van der Waals surface area contributed by atoms with Gasteiger partial charge in [-0.25, -0.2) is 4.98 Å². The Morgan fingerprint density at radius 2 is 2.04 bits per heavy atom. The van der Waals surface area contributed by atoms with Crippen molar-refractivity contribution in [2.24, 2.45) is 0 Å². The maximum Gasteiger partial charge on any atom is 0.238 e. The molecule has 2 heterocycles. The van der Waals surface area contributed by atoms with Crippen LogP contribution in [0.5, 0.6) is 0 Å². The highest BCUT2D eigenvalue weighted by molar-refractivity contribution is 8.00. The van der Waals surface area contributed by atoms with Crippen molar-refractivity contribution in [3.8, 4) is 11.4 Å². The van der Waals surface area contributed by atoms with Gasteiger partial charge in [0.05, 0.1) is 10.3 Å². The van der Waals surface area contributed by atoms with E-state index in [4.69, 9.17) is 11.6 Å². The SMILES string of the molecule is CCn1c(S[C@@H](C)C(=O)Nc2ccc(Cl)cn2)nnc1-c1ccccc1C. The van der Waals surface area contributed by atoms with Gasteiger partial charge in [-0.05, 0) is 38.5 Å². The standard InChI is InChI=1S/C19H20ClN5OS/c1-4-25-17(15-8-6-5-7-12(15)2)23-24-19(25)27-13(3)18(26)22-16-10-9-14(20)11-21-16/h5-11,13H,4H2,1-3H3,(H,21,22,26)/t13-/m0/s1. The van der Waals surface area contributed by atoms with Crippen LogP contribution in [0.4, 0.5) is 5.82 Å². The van der Waals surface area contributed by atoms with Crippen LogP contribution in [0, 0.1) is 6.92 Å². The monoisotopic (exact) mass is 401 g/mol. The Balaban J connectivity index is 1.76. The van der Waals surface area contributed by atoms with Gasteiger partial charge in [0, 0.05) is 18.3 Å². The fourth-order valence-electron chi connectivity index (χ4n) is 2.57. The number of nitrogens with one attached hydrogen (secondary N) is 1. The average Bonchev–Trinajstić information content (AvgIpc) is 3.06. The Labute approximate surface area is 167 Å². The number of pyridine rings is 1. The molecule has 0 aliphatic rings. The number of halogens is 1. The third-order valence-corrected chi connectivity index (χ3v) is 5.35. The van der Waals surface area contributed by atoms with Crippen LogP contribution in [0.1, 0.15) is 19.4 Å². The Bertz CT molecular complexity index is 942. The summed E-state index contributed by atoms with van der Waals surface area (Å²) in [6, 6.07) is 11.4. The van der Waals surface area contributed by atoms with Crippen molar-refractivity contribution < 1.29 is 4.79 Å². The number of aryl methyl sites for hydroxylation is 1. The van der Waals surface area contributed by atoms with Crippen molar-refractivity contribution in [1.82, 2.24) is 19.7 Å². The van der Waals surface area contributed by atoms with Gasteiger partial charge in [0.15, 0.2) is 11.0 Å². The minimum absolute atomic E-state index is 0.155. The molecule has 0 aliphatic heterocycles. The fourth-order valence-corrected chi connectivity index (χ4v) is 3.60. The predicted molar refractivity (Wildman–Crippen MR) is 109 cm³/mol. The number of thioether (sulfide) groups is 1. The molecule has 0 spiro atoms. The van der Waals surface area contributed by atoms with E-state index in [9.17, 15) is 4.79 Å². The van der Waals surface area contributed by atoms with Crippen LogP contribution >= 0.6 is 23.4 Å². The molecule has 1 amide bonds. The van der Waals surface area contributed by atoms with Gasteiger partial charge >= 0.3 is 0 Å². The van der Waals surface area contributed by atoms with Crippen LogP contribution in [-0.4, -0.2) is 30.9 Å². The van der Waals surface area contributed by atoms with E-state index in [-0.39, 0.29) is 11.2 Å². The number of amides is 1. The Morgan fingerprint density at radius 1 is 1.26 bits per heavy atom. The Hall–Kier alpha value is -2.38. The normalized spacial score (nSPS) is 12.0. The van der Waals surface area contributed by atoms with Crippen LogP contribution in [0.25, 0.3) is 11.4 Å². The van der Waals surface area contributed by atoms with Crippen molar-refractivity contribution in [2.75, 3.05) is 5.32 Å². The van der Waals surface area contributed by atoms with E-state index in [2.05, 4.69) is 20.5 Å². The Kier molecular flexibility index (Phi) is 6.13. The van der Waals surface area contributed by atoms with Crippen LogP contribution in [0.15, 0.2) is 47.8 Å². The molecule has 0 saturated heterocycles. The summed E-state index contributed by atoms with van der Waals surface area (Å²) in [6.07, 6.45) is 1.50. The van der Waals surface area contributed by atoms with E-state index in [1.807, 2.05) is 49.6 Å². The summed E-state index contributed by atoms with van der Waals surface area (Å²) in [5.74, 6) is 1.12. The van der Waals surface area contributed by atoms with Gasteiger partial charge in [0.25, 0.3) is 0 Å². The molecule has 0 unspecified atom stereocenters. The molecule has 1 aromatic carbocycles. The second-order valence-electron chi connectivity index (χ2n) is 5.98. The summed E-state index contributed by atoms with van der Waals surface area (Å²) in [4.78, 5) is 16.6. The third kappa shape index (κ3) is 4.48. The first-order valence-corrected chi connectivity index (χ1v) is 9.83. The van der Waals surface area contributed by atoms with Gasteiger partial charge in [-0.15, -0.1) is 10.2 Å². The van der Waals surface area contributed by atoms with Crippen LogP contribution in [0.3, 0.4) is 0 Å². The average molecular weight is 402 g/mol.